The molecule has 1 aromatic carbocycles. The number of amides is 1. The van der Waals surface area contributed by atoms with Gasteiger partial charge in [-0.05, 0) is 24.3 Å². The number of aryl methyl sites for hydroxylation is 1. The first kappa shape index (κ1) is 14.8. The minimum Gasteiger partial charge on any atom is -0.496 e. The van der Waals surface area contributed by atoms with Crippen LogP contribution >= 0.6 is 0 Å². The summed E-state index contributed by atoms with van der Waals surface area (Å²) in [6, 6.07) is 10.5. The second-order valence-corrected chi connectivity index (χ2v) is 5.07. The van der Waals surface area contributed by atoms with Gasteiger partial charge in [0.25, 0.3) is 11.5 Å². The third-order valence-corrected chi connectivity index (χ3v) is 3.52. The van der Waals surface area contributed by atoms with Gasteiger partial charge in [-0.15, -0.1) is 0 Å². The molecule has 1 amide bonds. The van der Waals surface area contributed by atoms with Gasteiger partial charge >= 0.3 is 0 Å². The summed E-state index contributed by atoms with van der Waals surface area (Å²) in [6.07, 6.45) is 3.18. The van der Waals surface area contributed by atoms with Crippen molar-refractivity contribution in [1.29, 1.82) is 0 Å². The van der Waals surface area contributed by atoms with Crippen LogP contribution in [0, 0.1) is 0 Å². The number of anilines is 1. The van der Waals surface area contributed by atoms with Crippen molar-refractivity contribution in [3.8, 4) is 5.75 Å². The van der Waals surface area contributed by atoms with Crippen LogP contribution in [0.5, 0.6) is 5.75 Å². The summed E-state index contributed by atoms with van der Waals surface area (Å²) in [5, 5.41) is 3.74. The Morgan fingerprint density at radius 3 is 2.87 bits per heavy atom. The number of carbonyl (C=O) groups is 1. The molecule has 0 aliphatic heterocycles. The van der Waals surface area contributed by atoms with Crippen LogP contribution in [-0.2, 0) is 7.05 Å². The normalized spacial score (nSPS) is 10.5. The van der Waals surface area contributed by atoms with Crippen LogP contribution in [0.4, 0.5) is 5.69 Å². The van der Waals surface area contributed by atoms with E-state index in [4.69, 9.17) is 4.74 Å². The smallest absolute Gasteiger partial charge is 0.260 e. The Hall–Kier alpha value is -3.15. The first-order valence-corrected chi connectivity index (χ1v) is 6.99. The minimum atomic E-state index is -0.347. The first-order chi connectivity index (χ1) is 11.1. The summed E-state index contributed by atoms with van der Waals surface area (Å²) in [5.74, 6) is -0.103. The molecule has 0 fully saturated rings. The monoisotopic (exact) mass is 309 g/mol. The van der Waals surface area contributed by atoms with E-state index in [-0.39, 0.29) is 17.2 Å². The zero-order valence-corrected chi connectivity index (χ0v) is 12.7. The molecule has 0 saturated carbocycles. The molecule has 0 unspecified atom stereocenters. The number of hydrogen-bond donors (Lipinski definition) is 1. The molecule has 116 valence electrons. The molecule has 6 nitrogen and oxygen atoms in total. The maximum absolute atomic E-state index is 12.5. The molecule has 0 bridgehead atoms. The van der Waals surface area contributed by atoms with Crippen LogP contribution < -0.4 is 15.6 Å². The van der Waals surface area contributed by atoms with E-state index < -0.39 is 0 Å². The van der Waals surface area contributed by atoms with Crippen LogP contribution in [0.1, 0.15) is 10.4 Å². The SMILES string of the molecule is COc1cc(=O)n(C)cc1C(=O)Nc1ccc2ncccc2c1. The number of methoxy groups -OCH3 is 1. The third-order valence-electron chi connectivity index (χ3n) is 3.52. The standard InChI is InChI=1S/C17H15N3O3/c1-20-10-13(15(23-2)9-16(20)21)17(22)19-12-5-6-14-11(8-12)4-3-7-18-14/h3-10H,1-2H3,(H,19,22). The van der Waals surface area contributed by atoms with Crippen molar-refractivity contribution in [1.82, 2.24) is 9.55 Å². The predicted octanol–water partition coefficient (Wildman–Crippen LogP) is 2.19. The van der Waals surface area contributed by atoms with Gasteiger partial charge in [-0.1, -0.05) is 6.07 Å². The molecule has 2 aromatic heterocycles. The van der Waals surface area contributed by atoms with E-state index in [9.17, 15) is 9.59 Å². The van der Waals surface area contributed by atoms with E-state index in [0.29, 0.717) is 11.3 Å². The Kier molecular flexibility index (Phi) is 3.80. The fraction of sp³-hybridized carbons (Fsp3) is 0.118. The molecule has 2 heterocycles. The second-order valence-electron chi connectivity index (χ2n) is 5.07. The maximum Gasteiger partial charge on any atom is 0.260 e. The molecule has 0 aliphatic carbocycles. The first-order valence-electron chi connectivity index (χ1n) is 6.99. The summed E-state index contributed by atoms with van der Waals surface area (Å²) < 4.78 is 6.46. The molecular weight excluding hydrogens is 294 g/mol. The quantitative estimate of drug-likeness (QED) is 0.805. The number of rotatable bonds is 3. The van der Waals surface area contributed by atoms with Gasteiger partial charge in [0.2, 0.25) is 0 Å². The van der Waals surface area contributed by atoms with Gasteiger partial charge in [0.05, 0.1) is 18.2 Å². The van der Waals surface area contributed by atoms with Crippen LogP contribution in [-0.4, -0.2) is 22.6 Å². The van der Waals surface area contributed by atoms with Crippen molar-refractivity contribution >= 4 is 22.5 Å². The number of pyridine rings is 2. The zero-order chi connectivity index (χ0) is 16.4. The highest BCUT2D eigenvalue weighted by molar-refractivity contribution is 6.06. The number of fused-ring (bicyclic) bond motifs is 1. The molecule has 1 N–H and O–H groups in total. The topological polar surface area (TPSA) is 73.2 Å². The molecule has 0 spiro atoms. The number of hydrogen-bond acceptors (Lipinski definition) is 4. The summed E-state index contributed by atoms with van der Waals surface area (Å²) in [4.78, 5) is 28.3. The minimum absolute atomic E-state index is 0.241. The number of nitrogens with zero attached hydrogens (tertiary/aromatic N) is 2. The average molecular weight is 309 g/mol. The van der Waals surface area contributed by atoms with E-state index in [1.165, 1.54) is 23.9 Å². The summed E-state index contributed by atoms with van der Waals surface area (Å²) in [7, 11) is 3.01. The zero-order valence-electron chi connectivity index (χ0n) is 12.7. The van der Waals surface area contributed by atoms with E-state index in [1.54, 1.807) is 19.3 Å². The molecule has 3 rings (SSSR count). The number of carbonyl (C=O) groups excluding carboxylic acids is 1. The van der Waals surface area contributed by atoms with Gasteiger partial charge in [-0.3, -0.25) is 14.6 Å². The van der Waals surface area contributed by atoms with E-state index >= 15 is 0 Å². The Labute approximate surface area is 132 Å². The van der Waals surface area contributed by atoms with E-state index in [2.05, 4.69) is 10.3 Å². The van der Waals surface area contributed by atoms with Gasteiger partial charge in [-0.2, -0.15) is 0 Å². The lowest BCUT2D eigenvalue weighted by molar-refractivity contribution is 0.102. The Morgan fingerprint density at radius 2 is 2.09 bits per heavy atom. The van der Waals surface area contributed by atoms with Gasteiger partial charge in [0.1, 0.15) is 5.75 Å². The predicted molar refractivity (Wildman–Crippen MR) is 87.9 cm³/mol. The molecule has 23 heavy (non-hydrogen) atoms. The lowest BCUT2D eigenvalue weighted by atomic mass is 10.2. The fourth-order valence-corrected chi connectivity index (χ4v) is 2.30. The summed E-state index contributed by atoms with van der Waals surface area (Å²) in [6.45, 7) is 0. The molecule has 6 heteroatoms. The number of ether oxygens (including phenoxy) is 1. The van der Waals surface area contributed by atoms with Crippen LogP contribution in [0.15, 0.2) is 53.6 Å². The van der Waals surface area contributed by atoms with Crippen molar-refractivity contribution in [3.63, 3.8) is 0 Å². The lowest BCUT2D eigenvalue weighted by Gasteiger charge is -2.11. The third kappa shape index (κ3) is 2.91. The van der Waals surface area contributed by atoms with Crippen LogP contribution in [0.25, 0.3) is 10.9 Å². The van der Waals surface area contributed by atoms with Crippen molar-refractivity contribution in [2.75, 3.05) is 12.4 Å². The van der Waals surface area contributed by atoms with Gasteiger partial charge in [-0.25, -0.2) is 0 Å². The van der Waals surface area contributed by atoms with E-state index in [1.807, 2.05) is 24.3 Å². The van der Waals surface area contributed by atoms with Crippen molar-refractivity contribution in [3.05, 3.63) is 64.7 Å². The highest BCUT2D eigenvalue weighted by Crippen LogP contribution is 2.20. The highest BCUT2D eigenvalue weighted by Gasteiger charge is 2.14. The Bertz CT molecular complexity index is 947. The molecular formula is C17H15N3O3. The van der Waals surface area contributed by atoms with E-state index in [0.717, 1.165) is 10.9 Å². The Morgan fingerprint density at radius 1 is 1.26 bits per heavy atom. The number of nitrogens with one attached hydrogen (secondary N) is 1. The van der Waals surface area contributed by atoms with Crippen LogP contribution in [0.2, 0.25) is 0 Å². The Balaban J connectivity index is 1.94. The van der Waals surface area contributed by atoms with Gasteiger partial charge in [0.15, 0.2) is 0 Å². The van der Waals surface area contributed by atoms with Crippen molar-refractivity contribution in [2.45, 2.75) is 0 Å². The number of aromatic nitrogens is 2. The number of benzene rings is 1. The molecule has 0 atom stereocenters. The highest BCUT2D eigenvalue weighted by atomic mass is 16.5. The fourth-order valence-electron chi connectivity index (χ4n) is 2.30. The van der Waals surface area contributed by atoms with Gasteiger partial charge in [0, 0.05) is 36.6 Å². The summed E-state index contributed by atoms with van der Waals surface area (Å²) >= 11 is 0. The van der Waals surface area contributed by atoms with Crippen LogP contribution in [0.3, 0.4) is 0 Å². The maximum atomic E-state index is 12.5. The second kappa shape index (κ2) is 5.92. The summed E-state index contributed by atoms with van der Waals surface area (Å²) in [5.41, 5.74) is 1.55. The largest absolute Gasteiger partial charge is 0.496 e. The molecule has 0 aliphatic rings. The average Bonchev–Trinajstić information content (AvgIpc) is 2.56. The molecule has 0 saturated heterocycles. The molecule has 3 aromatic rings. The van der Waals surface area contributed by atoms with Crippen molar-refractivity contribution < 1.29 is 9.53 Å². The molecule has 0 radical (unpaired) electrons. The van der Waals surface area contributed by atoms with Crippen molar-refractivity contribution in [2.24, 2.45) is 7.05 Å². The lowest BCUT2D eigenvalue weighted by Crippen LogP contribution is -2.21. The van der Waals surface area contributed by atoms with Gasteiger partial charge < -0.3 is 14.6 Å².